The van der Waals surface area contributed by atoms with Gasteiger partial charge >= 0.3 is 0 Å². The molecule has 29 heavy (non-hydrogen) atoms. The molecule has 5 rings (SSSR count). The zero-order valence-corrected chi connectivity index (χ0v) is 17.1. The van der Waals surface area contributed by atoms with E-state index in [2.05, 4.69) is 47.0 Å². The maximum atomic E-state index is 6.42. The van der Waals surface area contributed by atoms with Gasteiger partial charge in [0.1, 0.15) is 11.9 Å². The molecule has 3 heterocycles. The number of hydrogen-bond donors (Lipinski definition) is 0. The number of benzene rings is 1. The molecule has 1 aromatic carbocycles. The Bertz CT molecular complexity index is 979. The van der Waals surface area contributed by atoms with Crippen LogP contribution in [0.5, 0.6) is 5.75 Å². The van der Waals surface area contributed by atoms with Crippen LogP contribution in [0.15, 0.2) is 55.1 Å². The first kappa shape index (κ1) is 18.3. The molecule has 0 spiro atoms. The highest BCUT2D eigenvalue weighted by atomic mass is 16.5. The fourth-order valence-corrected chi connectivity index (χ4v) is 4.63. The molecule has 2 aliphatic rings. The van der Waals surface area contributed by atoms with Gasteiger partial charge in [0.2, 0.25) is 0 Å². The van der Waals surface area contributed by atoms with Crippen LogP contribution in [0.25, 0.3) is 11.3 Å². The number of aromatic nitrogens is 3. The highest BCUT2D eigenvalue weighted by Gasteiger charge is 2.35. The number of aryl methyl sites for hydroxylation is 1. The van der Waals surface area contributed by atoms with Gasteiger partial charge < -0.3 is 4.74 Å². The molecule has 1 unspecified atom stereocenters. The Kier molecular flexibility index (Phi) is 4.78. The lowest BCUT2D eigenvalue weighted by molar-refractivity contribution is 0.171. The van der Waals surface area contributed by atoms with Crippen molar-refractivity contribution in [3.05, 3.63) is 71.9 Å². The Labute approximate surface area is 172 Å². The Morgan fingerprint density at radius 1 is 0.966 bits per heavy atom. The van der Waals surface area contributed by atoms with E-state index in [1.54, 1.807) is 12.4 Å². The largest absolute Gasteiger partial charge is 0.484 e. The molecule has 3 aromatic rings. The summed E-state index contributed by atoms with van der Waals surface area (Å²) in [6, 6.07) is 10.8. The van der Waals surface area contributed by atoms with Gasteiger partial charge in [0.05, 0.1) is 23.8 Å². The average molecular weight is 386 g/mol. The minimum absolute atomic E-state index is 0.0323. The summed E-state index contributed by atoms with van der Waals surface area (Å²) in [5.74, 6) is 3.18. The number of nitrogens with zero attached hydrogens (tertiary/aromatic N) is 3. The van der Waals surface area contributed by atoms with Crippen molar-refractivity contribution in [1.29, 1.82) is 0 Å². The van der Waals surface area contributed by atoms with Gasteiger partial charge in [-0.2, -0.15) is 0 Å². The molecule has 1 fully saturated rings. The minimum atomic E-state index is -0.0323. The van der Waals surface area contributed by atoms with E-state index in [1.807, 2.05) is 24.5 Å². The first-order valence-corrected chi connectivity index (χ1v) is 10.7. The molecule has 0 N–H and O–H groups in total. The van der Waals surface area contributed by atoms with Crippen molar-refractivity contribution < 1.29 is 4.74 Å². The van der Waals surface area contributed by atoms with Gasteiger partial charge in [0.15, 0.2) is 0 Å². The minimum Gasteiger partial charge on any atom is -0.484 e. The Morgan fingerprint density at radius 3 is 2.48 bits per heavy atom. The molecule has 1 aliphatic heterocycles. The normalized spacial score (nSPS) is 19.5. The summed E-state index contributed by atoms with van der Waals surface area (Å²) in [7, 11) is 0. The zero-order valence-electron chi connectivity index (χ0n) is 17.1. The predicted molar refractivity (Wildman–Crippen MR) is 114 cm³/mol. The molecular weight excluding hydrogens is 358 g/mol. The van der Waals surface area contributed by atoms with E-state index in [0.717, 1.165) is 41.5 Å². The first-order chi connectivity index (χ1) is 14.2. The molecule has 4 nitrogen and oxygen atoms in total. The molecule has 2 atom stereocenters. The van der Waals surface area contributed by atoms with E-state index >= 15 is 0 Å². The number of hydrogen-bond acceptors (Lipinski definition) is 4. The Hall–Kier alpha value is -2.75. The van der Waals surface area contributed by atoms with Crippen LogP contribution in [0.2, 0.25) is 0 Å². The van der Waals surface area contributed by atoms with Crippen LogP contribution in [-0.4, -0.2) is 15.0 Å². The van der Waals surface area contributed by atoms with Crippen molar-refractivity contribution in [2.75, 3.05) is 0 Å². The fourth-order valence-electron chi connectivity index (χ4n) is 4.63. The second-order valence-electron chi connectivity index (χ2n) is 8.68. The lowest BCUT2D eigenvalue weighted by Crippen LogP contribution is -2.17. The second-order valence-corrected chi connectivity index (χ2v) is 8.68. The van der Waals surface area contributed by atoms with Crippen molar-refractivity contribution in [2.24, 2.45) is 11.8 Å². The van der Waals surface area contributed by atoms with Crippen LogP contribution in [-0.2, 0) is 6.42 Å². The third kappa shape index (κ3) is 3.76. The number of ether oxygens (including phenoxy) is 1. The van der Waals surface area contributed by atoms with Crippen LogP contribution >= 0.6 is 0 Å². The van der Waals surface area contributed by atoms with E-state index in [-0.39, 0.29) is 6.10 Å². The maximum absolute atomic E-state index is 6.42. The highest BCUT2D eigenvalue weighted by Crippen LogP contribution is 2.48. The third-order valence-electron chi connectivity index (χ3n) is 6.25. The molecule has 2 aromatic heterocycles. The predicted octanol–water partition coefficient (Wildman–Crippen LogP) is 5.75. The third-order valence-corrected chi connectivity index (χ3v) is 6.25. The number of pyridine rings is 1. The SMILES string of the molecule is CC(C)[C@H](c1ccc2c(c1)OC(c1cnc(-c3ccncc3)cn1)CC2)C1CC1. The highest BCUT2D eigenvalue weighted by molar-refractivity contribution is 5.56. The van der Waals surface area contributed by atoms with Gasteiger partial charge in [-0.3, -0.25) is 15.0 Å². The molecule has 148 valence electrons. The zero-order chi connectivity index (χ0) is 19.8. The molecule has 0 radical (unpaired) electrons. The smallest absolute Gasteiger partial charge is 0.142 e. The summed E-state index contributed by atoms with van der Waals surface area (Å²) >= 11 is 0. The quantitative estimate of drug-likeness (QED) is 0.561. The average Bonchev–Trinajstić information content (AvgIpc) is 3.59. The van der Waals surface area contributed by atoms with Crippen molar-refractivity contribution >= 4 is 0 Å². The molecular formula is C25H27N3O. The summed E-state index contributed by atoms with van der Waals surface area (Å²) < 4.78 is 6.42. The summed E-state index contributed by atoms with van der Waals surface area (Å²) in [5.41, 5.74) is 5.53. The standard InChI is InChI=1S/C25H27N3O/c1-16(2)25(19-4-5-19)20-6-3-18-7-8-23(29-24(18)13-20)22-15-27-21(14-28-22)17-9-11-26-12-10-17/h3,6,9-16,19,23,25H,4-5,7-8H2,1-2H3/t23?,25-/m0/s1. The summed E-state index contributed by atoms with van der Waals surface area (Å²) in [6.07, 6.45) is 11.9. The van der Waals surface area contributed by atoms with Crippen molar-refractivity contribution in [1.82, 2.24) is 15.0 Å². The maximum Gasteiger partial charge on any atom is 0.142 e. The molecule has 1 aliphatic carbocycles. The lowest BCUT2D eigenvalue weighted by Gasteiger charge is -2.28. The van der Waals surface area contributed by atoms with E-state index < -0.39 is 0 Å². The van der Waals surface area contributed by atoms with Gasteiger partial charge in [-0.15, -0.1) is 0 Å². The summed E-state index contributed by atoms with van der Waals surface area (Å²) in [5, 5.41) is 0. The molecule has 4 heteroatoms. The van der Waals surface area contributed by atoms with Gasteiger partial charge in [0, 0.05) is 18.0 Å². The van der Waals surface area contributed by atoms with E-state index in [1.165, 1.54) is 24.0 Å². The Balaban J connectivity index is 1.37. The van der Waals surface area contributed by atoms with Crippen LogP contribution in [0.1, 0.15) is 62.0 Å². The Morgan fingerprint density at radius 2 is 1.79 bits per heavy atom. The lowest BCUT2D eigenvalue weighted by atomic mass is 9.83. The van der Waals surface area contributed by atoms with E-state index in [9.17, 15) is 0 Å². The molecule has 0 saturated heterocycles. The monoisotopic (exact) mass is 385 g/mol. The topological polar surface area (TPSA) is 47.9 Å². The van der Waals surface area contributed by atoms with E-state index in [0.29, 0.717) is 11.8 Å². The van der Waals surface area contributed by atoms with Gasteiger partial charge in [-0.05, 0) is 72.8 Å². The van der Waals surface area contributed by atoms with Gasteiger partial charge in [-0.1, -0.05) is 26.0 Å². The summed E-state index contributed by atoms with van der Waals surface area (Å²) in [4.78, 5) is 13.3. The summed E-state index contributed by atoms with van der Waals surface area (Å²) in [6.45, 7) is 4.68. The van der Waals surface area contributed by atoms with Crippen LogP contribution < -0.4 is 4.74 Å². The molecule has 1 saturated carbocycles. The first-order valence-electron chi connectivity index (χ1n) is 10.7. The van der Waals surface area contributed by atoms with Crippen LogP contribution in [0.3, 0.4) is 0 Å². The van der Waals surface area contributed by atoms with Crippen molar-refractivity contribution in [3.8, 4) is 17.0 Å². The van der Waals surface area contributed by atoms with Crippen LogP contribution in [0, 0.1) is 11.8 Å². The van der Waals surface area contributed by atoms with Crippen molar-refractivity contribution in [3.63, 3.8) is 0 Å². The van der Waals surface area contributed by atoms with Crippen molar-refractivity contribution in [2.45, 2.75) is 51.6 Å². The fraction of sp³-hybridized carbons (Fsp3) is 0.400. The van der Waals surface area contributed by atoms with Crippen LogP contribution in [0.4, 0.5) is 0 Å². The number of fused-ring (bicyclic) bond motifs is 1. The van der Waals surface area contributed by atoms with Gasteiger partial charge in [-0.25, -0.2) is 0 Å². The molecule has 0 amide bonds. The van der Waals surface area contributed by atoms with Gasteiger partial charge in [0.25, 0.3) is 0 Å². The van der Waals surface area contributed by atoms with E-state index in [4.69, 9.17) is 4.74 Å². The number of rotatable bonds is 5. The second kappa shape index (κ2) is 7.58. The molecule has 0 bridgehead atoms.